The minimum atomic E-state index is -0.159. The Bertz CT molecular complexity index is 593. The smallest absolute Gasteiger partial charge is 0.317 e. The van der Waals surface area contributed by atoms with Crippen molar-refractivity contribution in [1.82, 2.24) is 10.2 Å². The van der Waals surface area contributed by atoms with Crippen LogP contribution in [0.3, 0.4) is 0 Å². The number of rotatable bonds is 4. The van der Waals surface area contributed by atoms with E-state index in [1.54, 1.807) is 4.90 Å². The molecular formula is C20H30N2O2. The van der Waals surface area contributed by atoms with Gasteiger partial charge in [0.15, 0.2) is 0 Å². The molecule has 4 nitrogen and oxygen atoms in total. The molecule has 0 heterocycles. The second-order valence-electron chi connectivity index (χ2n) is 8.26. The molecule has 24 heavy (non-hydrogen) atoms. The van der Waals surface area contributed by atoms with Gasteiger partial charge in [0.2, 0.25) is 0 Å². The predicted octanol–water partition coefficient (Wildman–Crippen LogP) is 3.25. The van der Waals surface area contributed by atoms with Crippen LogP contribution in [0.4, 0.5) is 4.79 Å². The van der Waals surface area contributed by atoms with Gasteiger partial charge in [-0.2, -0.15) is 0 Å². The number of aliphatic hydroxyl groups is 1. The van der Waals surface area contributed by atoms with Crippen LogP contribution in [0.25, 0.3) is 0 Å². The Hall–Kier alpha value is -1.55. The molecule has 2 amide bonds. The Balaban J connectivity index is 1.56. The van der Waals surface area contributed by atoms with Gasteiger partial charge in [-0.25, -0.2) is 4.79 Å². The summed E-state index contributed by atoms with van der Waals surface area (Å²) >= 11 is 0. The van der Waals surface area contributed by atoms with Crippen LogP contribution in [0.5, 0.6) is 0 Å². The van der Waals surface area contributed by atoms with E-state index in [1.165, 1.54) is 11.1 Å². The third-order valence-electron chi connectivity index (χ3n) is 5.84. The van der Waals surface area contributed by atoms with Gasteiger partial charge in [0, 0.05) is 26.1 Å². The van der Waals surface area contributed by atoms with Crippen LogP contribution in [0.2, 0.25) is 0 Å². The highest BCUT2D eigenvalue weighted by molar-refractivity contribution is 5.74. The molecule has 0 bridgehead atoms. The van der Waals surface area contributed by atoms with Gasteiger partial charge in [-0.15, -0.1) is 0 Å². The SMILES string of the molecule is CN(CC1CC(O)C1)C(=O)NC[C@@H]1CCC(C)(C)c2ccccc21. The fourth-order valence-electron chi connectivity index (χ4n) is 4.17. The number of hydrogen-bond donors (Lipinski definition) is 2. The number of benzene rings is 1. The number of hydrogen-bond acceptors (Lipinski definition) is 2. The van der Waals surface area contributed by atoms with Gasteiger partial charge in [0.25, 0.3) is 0 Å². The number of nitrogens with one attached hydrogen (secondary N) is 1. The van der Waals surface area contributed by atoms with Crippen molar-refractivity contribution in [3.8, 4) is 0 Å². The van der Waals surface area contributed by atoms with Crippen molar-refractivity contribution in [3.63, 3.8) is 0 Å². The molecule has 2 N–H and O–H groups in total. The lowest BCUT2D eigenvalue weighted by Gasteiger charge is -2.37. The molecule has 0 aromatic heterocycles. The second kappa shape index (κ2) is 6.75. The highest BCUT2D eigenvalue weighted by Gasteiger charge is 2.33. The number of fused-ring (bicyclic) bond motifs is 1. The first-order valence-corrected chi connectivity index (χ1v) is 9.13. The van der Waals surface area contributed by atoms with E-state index in [4.69, 9.17) is 0 Å². The molecule has 0 spiro atoms. The van der Waals surface area contributed by atoms with E-state index < -0.39 is 0 Å². The third kappa shape index (κ3) is 3.59. The molecule has 2 aliphatic rings. The van der Waals surface area contributed by atoms with Crippen molar-refractivity contribution in [1.29, 1.82) is 0 Å². The normalized spacial score (nSPS) is 27.8. The summed E-state index contributed by atoms with van der Waals surface area (Å²) in [6.07, 6.45) is 3.75. The van der Waals surface area contributed by atoms with Crippen LogP contribution in [-0.4, -0.2) is 42.3 Å². The number of aliphatic hydroxyl groups excluding tert-OH is 1. The van der Waals surface area contributed by atoms with E-state index in [0.29, 0.717) is 18.4 Å². The summed E-state index contributed by atoms with van der Waals surface area (Å²) in [4.78, 5) is 14.1. The molecule has 1 aromatic carbocycles. The summed E-state index contributed by atoms with van der Waals surface area (Å²) in [6.45, 7) is 6.05. The summed E-state index contributed by atoms with van der Waals surface area (Å²) in [7, 11) is 1.85. The van der Waals surface area contributed by atoms with Crippen LogP contribution in [0.15, 0.2) is 24.3 Å². The molecule has 2 aliphatic carbocycles. The molecule has 1 fully saturated rings. The number of carbonyl (C=O) groups excluding carboxylic acids is 1. The van der Waals surface area contributed by atoms with Crippen LogP contribution in [-0.2, 0) is 5.41 Å². The molecule has 0 aliphatic heterocycles. The monoisotopic (exact) mass is 330 g/mol. The minimum Gasteiger partial charge on any atom is -0.393 e. The zero-order valence-electron chi connectivity index (χ0n) is 15.1. The maximum absolute atomic E-state index is 12.3. The van der Waals surface area contributed by atoms with Gasteiger partial charge in [0.05, 0.1) is 6.10 Å². The van der Waals surface area contributed by atoms with Gasteiger partial charge in [-0.3, -0.25) is 0 Å². The molecule has 0 saturated heterocycles. The molecule has 132 valence electrons. The van der Waals surface area contributed by atoms with Gasteiger partial charge >= 0.3 is 6.03 Å². The Kier molecular flexibility index (Phi) is 4.86. The maximum Gasteiger partial charge on any atom is 0.317 e. The predicted molar refractivity (Wildman–Crippen MR) is 96.2 cm³/mol. The van der Waals surface area contributed by atoms with Gasteiger partial charge in [-0.1, -0.05) is 38.1 Å². The molecule has 0 radical (unpaired) electrons. The topological polar surface area (TPSA) is 52.6 Å². The van der Waals surface area contributed by atoms with Crippen molar-refractivity contribution in [2.75, 3.05) is 20.1 Å². The van der Waals surface area contributed by atoms with Crippen molar-refractivity contribution in [2.45, 2.75) is 57.0 Å². The second-order valence-corrected chi connectivity index (χ2v) is 8.26. The number of urea groups is 1. The Morgan fingerprint density at radius 1 is 1.33 bits per heavy atom. The Labute approximate surface area is 145 Å². The first-order valence-electron chi connectivity index (χ1n) is 9.13. The highest BCUT2D eigenvalue weighted by Crippen LogP contribution is 2.42. The van der Waals surface area contributed by atoms with Gasteiger partial charge in [0.1, 0.15) is 0 Å². The Morgan fingerprint density at radius 3 is 2.75 bits per heavy atom. The van der Waals surface area contributed by atoms with E-state index in [1.807, 2.05) is 7.05 Å². The lowest BCUT2D eigenvalue weighted by atomic mass is 9.69. The number of nitrogens with zero attached hydrogens (tertiary/aromatic N) is 1. The molecule has 1 atom stereocenters. The van der Waals surface area contributed by atoms with Crippen LogP contribution >= 0.6 is 0 Å². The molecule has 1 saturated carbocycles. The van der Waals surface area contributed by atoms with Crippen LogP contribution < -0.4 is 5.32 Å². The van der Waals surface area contributed by atoms with E-state index in [-0.39, 0.29) is 17.6 Å². The summed E-state index contributed by atoms with van der Waals surface area (Å²) in [5.74, 6) is 0.851. The Morgan fingerprint density at radius 2 is 2.04 bits per heavy atom. The summed E-state index contributed by atoms with van der Waals surface area (Å²) in [6, 6.07) is 8.66. The summed E-state index contributed by atoms with van der Waals surface area (Å²) < 4.78 is 0. The lowest BCUT2D eigenvalue weighted by Crippen LogP contribution is -2.45. The van der Waals surface area contributed by atoms with Crippen molar-refractivity contribution < 1.29 is 9.90 Å². The first kappa shape index (κ1) is 17.3. The van der Waals surface area contributed by atoms with E-state index in [0.717, 1.165) is 32.2 Å². The molecule has 1 aromatic rings. The summed E-state index contributed by atoms with van der Waals surface area (Å²) in [5, 5.41) is 12.5. The molecular weight excluding hydrogens is 300 g/mol. The quantitative estimate of drug-likeness (QED) is 0.890. The number of carbonyl (C=O) groups is 1. The van der Waals surface area contributed by atoms with E-state index in [9.17, 15) is 9.90 Å². The van der Waals surface area contributed by atoms with Crippen molar-refractivity contribution in [3.05, 3.63) is 35.4 Å². The molecule has 3 rings (SSSR count). The molecule has 0 unspecified atom stereocenters. The zero-order chi connectivity index (χ0) is 17.3. The van der Waals surface area contributed by atoms with Crippen LogP contribution in [0, 0.1) is 5.92 Å². The molecule has 4 heteroatoms. The highest BCUT2D eigenvalue weighted by atomic mass is 16.3. The average molecular weight is 330 g/mol. The van der Waals surface area contributed by atoms with E-state index in [2.05, 4.69) is 43.4 Å². The lowest BCUT2D eigenvalue weighted by molar-refractivity contribution is 0.0325. The minimum absolute atomic E-state index is 0.00120. The van der Waals surface area contributed by atoms with Gasteiger partial charge in [-0.05, 0) is 48.1 Å². The largest absolute Gasteiger partial charge is 0.393 e. The maximum atomic E-state index is 12.3. The first-order chi connectivity index (χ1) is 11.4. The fourth-order valence-corrected chi connectivity index (χ4v) is 4.17. The van der Waals surface area contributed by atoms with Gasteiger partial charge < -0.3 is 15.3 Å². The number of amides is 2. The van der Waals surface area contributed by atoms with E-state index >= 15 is 0 Å². The van der Waals surface area contributed by atoms with Crippen LogP contribution in [0.1, 0.15) is 56.6 Å². The third-order valence-corrected chi connectivity index (χ3v) is 5.84. The zero-order valence-corrected chi connectivity index (χ0v) is 15.1. The van der Waals surface area contributed by atoms with Crippen molar-refractivity contribution in [2.24, 2.45) is 5.92 Å². The fraction of sp³-hybridized carbons (Fsp3) is 0.650. The van der Waals surface area contributed by atoms with Crippen molar-refractivity contribution >= 4 is 6.03 Å². The standard InChI is InChI=1S/C20H30N2O2/c1-20(2)9-8-15(17-6-4-5-7-18(17)20)12-21-19(24)22(3)13-14-10-16(23)11-14/h4-7,14-16,23H,8-13H2,1-3H3,(H,21,24)/t14?,15-,16?/m0/s1. The summed E-state index contributed by atoms with van der Waals surface area (Å²) in [5.41, 5.74) is 3.03. The average Bonchev–Trinajstić information content (AvgIpc) is 2.52.